The molecule has 9 heavy (non-hydrogen) atoms. The van der Waals surface area contributed by atoms with Crippen LogP contribution in [-0.2, 0) is 4.79 Å². The predicted octanol–water partition coefficient (Wildman–Crippen LogP) is 0.0891. The lowest BCUT2D eigenvalue weighted by atomic mass is 10.4. The molecule has 0 aromatic heterocycles. The van der Waals surface area contributed by atoms with Crippen molar-refractivity contribution in [2.24, 2.45) is 5.73 Å². The monoisotopic (exact) mass is 187 g/mol. The number of carboxylic acids is 1. The molecule has 0 saturated carbocycles. The van der Waals surface area contributed by atoms with Gasteiger partial charge in [-0.2, -0.15) is 12.6 Å². The predicted molar refractivity (Wildman–Crippen MR) is 47.4 cm³/mol. The van der Waals surface area contributed by atoms with E-state index in [0.29, 0.717) is 0 Å². The van der Waals surface area contributed by atoms with E-state index in [1.165, 1.54) is 0 Å². The third-order valence-electron chi connectivity index (χ3n) is 0.514. The number of thiol groups is 3. The number of rotatable bonds is 2. The van der Waals surface area contributed by atoms with E-state index in [4.69, 9.17) is 10.8 Å². The molecule has 1 atom stereocenters. The van der Waals surface area contributed by atoms with E-state index in [9.17, 15) is 4.79 Å². The summed E-state index contributed by atoms with van der Waals surface area (Å²) in [7, 11) is 0. The summed E-state index contributed by atoms with van der Waals surface area (Å²) in [5.41, 5.74) is 4.94. The molecule has 0 aliphatic heterocycles. The minimum atomic E-state index is -1.00. The Morgan fingerprint density at radius 3 is 2.00 bits per heavy atom. The molecule has 0 amide bonds. The van der Waals surface area contributed by atoms with E-state index < -0.39 is 12.0 Å². The van der Waals surface area contributed by atoms with E-state index >= 15 is 0 Å². The lowest BCUT2D eigenvalue weighted by molar-refractivity contribution is -0.137. The fraction of sp³-hybridized carbons (Fsp3) is 0.667. The topological polar surface area (TPSA) is 63.3 Å². The van der Waals surface area contributed by atoms with Crippen LogP contribution in [0, 0.1) is 0 Å². The van der Waals surface area contributed by atoms with Crippen molar-refractivity contribution in [3.05, 3.63) is 0 Å². The third kappa shape index (κ3) is 8.48. The Hall–Kier alpha value is 0.480. The summed E-state index contributed by atoms with van der Waals surface area (Å²) >= 11 is 10.1. The average Bonchev–Trinajstić information content (AvgIpc) is 1.91. The van der Waals surface area contributed by atoms with Crippen molar-refractivity contribution in [1.29, 1.82) is 0 Å². The van der Waals surface area contributed by atoms with Gasteiger partial charge in [0.05, 0.1) is 0 Å². The summed E-state index contributed by atoms with van der Waals surface area (Å²) in [5.74, 6) is -0.815. The van der Waals surface area contributed by atoms with Gasteiger partial charge in [0.1, 0.15) is 6.04 Å². The van der Waals surface area contributed by atoms with Gasteiger partial charge in [-0.3, -0.25) is 4.79 Å². The number of nitrogens with two attached hydrogens (primary N) is 1. The van der Waals surface area contributed by atoms with Crippen molar-refractivity contribution in [1.82, 2.24) is 0 Å². The molecule has 56 valence electrons. The highest BCUT2D eigenvalue weighted by molar-refractivity contribution is 8.59. The van der Waals surface area contributed by atoms with E-state index in [0.717, 1.165) is 0 Å². The highest BCUT2D eigenvalue weighted by Crippen LogP contribution is 1.80. The number of hydrogen-bond acceptors (Lipinski definition) is 5. The molecule has 0 aliphatic rings. The van der Waals surface area contributed by atoms with Crippen LogP contribution < -0.4 is 5.73 Å². The van der Waals surface area contributed by atoms with Gasteiger partial charge in [0.25, 0.3) is 0 Å². The van der Waals surface area contributed by atoms with Crippen molar-refractivity contribution in [3.8, 4) is 0 Å². The van der Waals surface area contributed by atoms with Crippen LogP contribution in [0.15, 0.2) is 0 Å². The molecule has 6 heteroatoms. The van der Waals surface area contributed by atoms with Gasteiger partial charge in [-0.1, -0.05) is 0 Å². The lowest BCUT2D eigenvalue weighted by Crippen LogP contribution is -2.31. The Morgan fingerprint density at radius 1 is 1.67 bits per heavy atom. The highest BCUT2D eigenvalue weighted by atomic mass is 33.1. The fourth-order valence-electron chi connectivity index (χ4n) is 0.0781. The maximum absolute atomic E-state index is 9.76. The Balaban J connectivity index is 0. The quantitative estimate of drug-likeness (QED) is 0.314. The van der Waals surface area contributed by atoms with Crippen LogP contribution in [0.1, 0.15) is 0 Å². The molecule has 3 nitrogen and oxygen atoms in total. The zero-order valence-corrected chi connectivity index (χ0v) is 7.24. The van der Waals surface area contributed by atoms with E-state index in [1.807, 2.05) is 0 Å². The summed E-state index contributed by atoms with van der Waals surface area (Å²) in [4.78, 5) is 9.76. The third-order valence-corrected chi connectivity index (χ3v) is 0.907. The first kappa shape index (κ1) is 12.2. The summed E-state index contributed by atoms with van der Waals surface area (Å²) in [6, 6.07) is -0.816. The first-order valence-electron chi connectivity index (χ1n) is 1.97. The summed E-state index contributed by atoms with van der Waals surface area (Å²) < 4.78 is 0. The summed E-state index contributed by atoms with van der Waals surface area (Å²) in [6.07, 6.45) is 0. The molecule has 0 aromatic carbocycles. The zero-order valence-electron chi connectivity index (χ0n) is 4.56. The Bertz CT molecular complexity index is 79.5. The molecule has 0 aliphatic carbocycles. The molecule has 0 rings (SSSR count). The van der Waals surface area contributed by atoms with Crippen LogP contribution in [0.2, 0.25) is 0 Å². The maximum Gasteiger partial charge on any atom is 0.321 e. The van der Waals surface area contributed by atoms with E-state index in [-0.39, 0.29) is 5.75 Å². The first-order valence-corrected chi connectivity index (χ1v) is 4.21. The van der Waals surface area contributed by atoms with Gasteiger partial charge >= 0.3 is 5.97 Å². The molecule has 0 radical (unpaired) electrons. The molecule has 0 spiro atoms. The molecule has 0 saturated heterocycles. The Labute approximate surface area is 69.6 Å². The molecule has 0 bridgehead atoms. The van der Waals surface area contributed by atoms with Gasteiger partial charge in [0.15, 0.2) is 0 Å². The first-order chi connectivity index (χ1) is 4.18. The molecule has 0 aromatic rings. The standard InChI is InChI=1S/C3H7NO2S.H2S2/c4-2(1-7)3(5)6;1-2/h2,7H,1,4H2,(H,5,6);1-2H/t2-;/m0./s1. The van der Waals surface area contributed by atoms with Crippen molar-refractivity contribution in [2.45, 2.75) is 6.04 Å². The second kappa shape index (κ2) is 8.48. The molecule has 0 unspecified atom stereocenters. The molecular weight excluding hydrogens is 178 g/mol. The minimum absolute atomic E-state index is 0.190. The van der Waals surface area contributed by atoms with Crippen LogP contribution in [-0.4, -0.2) is 22.9 Å². The largest absolute Gasteiger partial charge is 0.480 e. The SMILES string of the molecule is N[C@@H](CS)C(=O)O.SS. The van der Waals surface area contributed by atoms with Crippen molar-refractivity contribution in [3.63, 3.8) is 0 Å². The van der Waals surface area contributed by atoms with E-state index in [2.05, 4.69) is 36.0 Å². The Morgan fingerprint density at radius 2 is 2.00 bits per heavy atom. The highest BCUT2D eigenvalue weighted by Gasteiger charge is 2.06. The number of aliphatic carboxylic acids is 1. The summed E-state index contributed by atoms with van der Waals surface area (Å²) in [6.45, 7) is 0. The molecular formula is C3H9NO2S3. The smallest absolute Gasteiger partial charge is 0.321 e. The van der Waals surface area contributed by atoms with Gasteiger partial charge in [0.2, 0.25) is 0 Å². The van der Waals surface area contributed by atoms with Gasteiger partial charge in [-0.15, -0.1) is 23.3 Å². The van der Waals surface area contributed by atoms with Crippen molar-refractivity contribution < 1.29 is 9.90 Å². The van der Waals surface area contributed by atoms with Crippen LogP contribution >= 0.6 is 36.0 Å². The number of carbonyl (C=O) groups is 1. The normalized spacial score (nSPS) is 11.1. The second-order valence-corrected chi connectivity index (χ2v) is 1.49. The second-order valence-electron chi connectivity index (χ2n) is 1.13. The molecule has 0 heterocycles. The average molecular weight is 187 g/mol. The van der Waals surface area contributed by atoms with E-state index in [1.54, 1.807) is 0 Å². The van der Waals surface area contributed by atoms with Crippen molar-refractivity contribution in [2.75, 3.05) is 5.75 Å². The lowest BCUT2D eigenvalue weighted by Gasteiger charge is -1.96. The number of carboxylic acid groups (broad SMARTS) is 1. The fourth-order valence-corrected chi connectivity index (χ4v) is 0.234. The Kier molecular flexibility index (Phi) is 11.5. The van der Waals surface area contributed by atoms with Gasteiger partial charge in [0, 0.05) is 5.75 Å². The van der Waals surface area contributed by atoms with Gasteiger partial charge in [-0.25, -0.2) is 0 Å². The number of hydrogen-bond donors (Lipinski definition) is 5. The van der Waals surface area contributed by atoms with Crippen LogP contribution in [0.25, 0.3) is 0 Å². The van der Waals surface area contributed by atoms with Crippen LogP contribution in [0.3, 0.4) is 0 Å². The van der Waals surface area contributed by atoms with Crippen LogP contribution in [0.5, 0.6) is 0 Å². The van der Waals surface area contributed by atoms with Gasteiger partial charge < -0.3 is 10.8 Å². The zero-order chi connectivity index (χ0) is 7.86. The molecule has 0 fully saturated rings. The minimum Gasteiger partial charge on any atom is -0.480 e. The van der Waals surface area contributed by atoms with Gasteiger partial charge in [-0.05, 0) is 0 Å². The van der Waals surface area contributed by atoms with Crippen LogP contribution in [0.4, 0.5) is 0 Å². The summed E-state index contributed by atoms with van der Waals surface area (Å²) in [5, 5.41) is 8.01. The molecule has 3 N–H and O–H groups in total. The van der Waals surface area contributed by atoms with Crippen molar-refractivity contribution >= 4 is 41.9 Å². The maximum atomic E-state index is 9.76.